The molecule has 0 saturated carbocycles. The van der Waals surface area contributed by atoms with E-state index in [1.807, 2.05) is 20.0 Å². The maximum absolute atomic E-state index is 11.0. The van der Waals surface area contributed by atoms with Crippen LogP contribution in [0.25, 0.3) is 0 Å². The van der Waals surface area contributed by atoms with Gasteiger partial charge in [0, 0.05) is 18.0 Å². The number of ether oxygens (including phenoxy) is 1. The largest absolute Gasteiger partial charge is 0.469 e. The molecule has 0 aliphatic carbocycles. The Kier molecular flexibility index (Phi) is 6.16. The maximum Gasteiger partial charge on any atom is 0.305 e. The van der Waals surface area contributed by atoms with E-state index in [4.69, 9.17) is 11.6 Å². The van der Waals surface area contributed by atoms with E-state index in [0.29, 0.717) is 6.42 Å². The van der Waals surface area contributed by atoms with Gasteiger partial charge in [-0.3, -0.25) is 4.79 Å². The van der Waals surface area contributed by atoms with Crippen molar-refractivity contribution in [3.8, 4) is 0 Å². The average Bonchev–Trinajstić information content (AvgIpc) is 2.32. The summed E-state index contributed by atoms with van der Waals surface area (Å²) in [5, 5.41) is 0.801. The molecule has 1 rings (SSSR count). The van der Waals surface area contributed by atoms with Crippen molar-refractivity contribution in [2.75, 3.05) is 20.7 Å². The topological polar surface area (TPSA) is 29.5 Å². The van der Waals surface area contributed by atoms with Gasteiger partial charge in [0.2, 0.25) is 0 Å². The second kappa shape index (κ2) is 7.39. The molecule has 0 aliphatic heterocycles. The Balaban J connectivity index is 2.39. The highest BCUT2D eigenvalue weighted by atomic mass is 35.5. The van der Waals surface area contributed by atoms with E-state index < -0.39 is 0 Å². The SMILES string of the molecule is COC(=O)CCCN(C)Cc1ccc(C)cc1Cl. The van der Waals surface area contributed by atoms with Gasteiger partial charge in [0.1, 0.15) is 0 Å². The van der Waals surface area contributed by atoms with E-state index >= 15 is 0 Å². The molecule has 0 fully saturated rings. The lowest BCUT2D eigenvalue weighted by Crippen LogP contribution is -2.20. The van der Waals surface area contributed by atoms with Gasteiger partial charge in [-0.15, -0.1) is 0 Å². The first-order valence-electron chi connectivity index (χ1n) is 6.03. The molecule has 3 nitrogen and oxygen atoms in total. The fraction of sp³-hybridized carbons (Fsp3) is 0.500. The van der Waals surface area contributed by atoms with Crippen LogP contribution in [0.4, 0.5) is 0 Å². The molecule has 0 aromatic heterocycles. The fourth-order valence-corrected chi connectivity index (χ4v) is 2.04. The van der Waals surface area contributed by atoms with Gasteiger partial charge in [-0.1, -0.05) is 23.7 Å². The first kappa shape index (κ1) is 15.0. The van der Waals surface area contributed by atoms with Crippen LogP contribution in [-0.2, 0) is 16.1 Å². The van der Waals surface area contributed by atoms with Gasteiger partial charge in [0.15, 0.2) is 0 Å². The number of rotatable bonds is 6. The lowest BCUT2D eigenvalue weighted by atomic mass is 10.1. The van der Waals surface area contributed by atoms with E-state index in [1.54, 1.807) is 0 Å². The van der Waals surface area contributed by atoms with Crippen molar-refractivity contribution in [1.29, 1.82) is 0 Å². The number of nitrogens with zero attached hydrogens (tertiary/aromatic N) is 1. The van der Waals surface area contributed by atoms with Crippen molar-refractivity contribution in [3.05, 3.63) is 34.3 Å². The van der Waals surface area contributed by atoms with Crippen molar-refractivity contribution in [3.63, 3.8) is 0 Å². The number of hydrogen-bond donors (Lipinski definition) is 0. The van der Waals surface area contributed by atoms with Crippen molar-refractivity contribution in [2.24, 2.45) is 0 Å². The Labute approximate surface area is 114 Å². The van der Waals surface area contributed by atoms with Crippen molar-refractivity contribution < 1.29 is 9.53 Å². The highest BCUT2D eigenvalue weighted by Gasteiger charge is 2.06. The molecule has 0 bridgehead atoms. The highest BCUT2D eigenvalue weighted by Crippen LogP contribution is 2.19. The summed E-state index contributed by atoms with van der Waals surface area (Å²) in [6.07, 6.45) is 1.26. The zero-order valence-electron chi connectivity index (χ0n) is 11.2. The van der Waals surface area contributed by atoms with Gasteiger partial charge in [-0.2, -0.15) is 0 Å². The van der Waals surface area contributed by atoms with Crippen LogP contribution in [0.15, 0.2) is 18.2 Å². The third-order valence-electron chi connectivity index (χ3n) is 2.80. The molecule has 0 spiro atoms. The van der Waals surface area contributed by atoms with Gasteiger partial charge >= 0.3 is 5.97 Å². The predicted molar refractivity (Wildman–Crippen MR) is 73.8 cm³/mol. The van der Waals surface area contributed by atoms with Gasteiger partial charge in [0.25, 0.3) is 0 Å². The third kappa shape index (κ3) is 5.07. The van der Waals surface area contributed by atoms with Crippen LogP contribution in [0.1, 0.15) is 24.0 Å². The summed E-state index contributed by atoms with van der Waals surface area (Å²) in [4.78, 5) is 13.1. The number of carbonyl (C=O) groups excluding carboxylic acids is 1. The third-order valence-corrected chi connectivity index (χ3v) is 3.15. The van der Waals surface area contributed by atoms with E-state index in [2.05, 4.69) is 21.8 Å². The average molecular weight is 270 g/mol. The van der Waals surface area contributed by atoms with Crippen molar-refractivity contribution >= 4 is 17.6 Å². The minimum absolute atomic E-state index is 0.156. The Morgan fingerprint density at radius 1 is 1.44 bits per heavy atom. The number of benzene rings is 1. The molecule has 100 valence electrons. The van der Waals surface area contributed by atoms with Gasteiger partial charge < -0.3 is 9.64 Å². The molecule has 18 heavy (non-hydrogen) atoms. The maximum atomic E-state index is 11.0. The molecule has 1 aromatic carbocycles. The smallest absolute Gasteiger partial charge is 0.305 e. The molecule has 0 saturated heterocycles. The molecule has 0 unspecified atom stereocenters. The van der Waals surface area contributed by atoms with E-state index in [0.717, 1.165) is 35.7 Å². The molecule has 0 N–H and O–H groups in total. The van der Waals surface area contributed by atoms with Gasteiger partial charge in [0.05, 0.1) is 7.11 Å². The Hall–Kier alpha value is -1.06. The zero-order valence-corrected chi connectivity index (χ0v) is 12.0. The second-order valence-corrected chi connectivity index (χ2v) is 4.92. The summed E-state index contributed by atoms with van der Waals surface area (Å²) in [6.45, 7) is 3.66. The van der Waals surface area contributed by atoms with E-state index in [1.165, 1.54) is 7.11 Å². The summed E-state index contributed by atoms with van der Waals surface area (Å²) < 4.78 is 4.60. The Bertz CT molecular complexity index is 407. The lowest BCUT2D eigenvalue weighted by molar-refractivity contribution is -0.140. The van der Waals surface area contributed by atoms with Crippen molar-refractivity contribution in [2.45, 2.75) is 26.3 Å². The molecule has 0 amide bonds. The molecule has 4 heteroatoms. The number of methoxy groups -OCH3 is 1. The molecular weight excluding hydrogens is 250 g/mol. The fourth-order valence-electron chi connectivity index (χ4n) is 1.75. The molecule has 0 aliphatic rings. The molecular formula is C14H20ClNO2. The zero-order chi connectivity index (χ0) is 13.5. The number of carbonyl (C=O) groups is 1. The van der Waals surface area contributed by atoms with E-state index in [9.17, 15) is 4.79 Å². The molecule has 0 atom stereocenters. The Morgan fingerprint density at radius 3 is 2.78 bits per heavy atom. The standard InChI is InChI=1S/C14H20ClNO2/c1-11-6-7-12(13(15)9-11)10-16(2)8-4-5-14(17)18-3/h6-7,9H,4-5,8,10H2,1-3H3. The van der Waals surface area contributed by atoms with Crippen LogP contribution in [0.5, 0.6) is 0 Å². The van der Waals surface area contributed by atoms with Crippen molar-refractivity contribution in [1.82, 2.24) is 4.90 Å². The number of hydrogen-bond acceptors (Lipinski definition) is 3. The molecule has 1 aromatic rings. The summed E-state index contributed by atoms with van der Waals surface area (Å²) in [5.74, 6) is -0.156. The minimum atomic E-state index is -0.156. The first-order valence-corrected chi connectivity index (χ1v) is 6.41. The quantitative estimate of drug-likeness (QED) is 0.744. The summed E-state index contributed by atoms with van der Waals surface area (Å²) >= 11 is 6.18. The molecule has 0 radical (unpaired) electrons. The highest BCUT2D eigenvalue weighted by molar-refractivity contribution is 6.31. The number of esters is 1. The summed E-state index contributed by atoms with van der Waals surface area (Å²) in [7, 11) is 3.44. The van der Waals surface area contributed by atoms with Crippen LogP contribution in [0.2, 0.25) is 5.02 Å². The van der Waals surface area contributed by atoms with Crippen LogP contribution >= 0.6 is 11.6 Å². The van der Waals surface area contributed by atoms with Gasteiger partial charge in [-0.05, 0) is 44.1 Å². The van der Waals surface area contributed by atoms with Crippen LogP contribution in [0, 0.1) is 6.92 Å². The normalized spacial score (nSPS) is 10.7. The van der Waals surface area contributed by atoms with Gasteiger partial charge in [-0.25, -0.2) is 0 Å². The second-order valence-electron chi connectivity index (χ2n) is 4.51. The molecule has 0 heterocycles. The van der Waals surface area contributed by atoms with Crippen LogP contribution in [0.3, 0.4) is 0 Å². The Morgan fingerprint density at radius 2 is 2.17 bits per heavy atom. The first-order chi connectivity index (χ1) is 8.52. The number of halogens is 1. The predicted octanol–water partition coefficient (Wildman–Crippen LogP) is 3.03. The monoisotopic (exact) mass is 269 g/mol. The summed E-state index contributed by atoms with van der Waals surface area (Å²) in [5.41, 5.74) is 2.28. The van der Waals surface area contributed by atoms with E-state index in [-0.39, 0.29) is 5.97 Å². The summed E-state index contributed by atoms with van der Waals surface area (Å²) in [6, 6.07) is 6.08. The number of aryl methyl sites for hydroxylation is 1. The van der Waals surface area contributed by atoms with Crippen LogP contribution < -0.4 is 0 Å². The lowest BCUT2D eigenvalue weighted by Gasteiger charge is -2.17. The van der Waals surface area contributed by atoms with Crippen LogP contribution in [-0.4, -0.2) is 31.6 Å². The minimum Gasteiger partial charge on any atom is -0.469 e.